The molecule has 5 nitrogen and oxygen atoms in total. The molecule has 0 atom stereocenters. The highest BCUT2D eigenvalue weighted by Crippen LogP contribution is 2.10. The van der Waals surface area contributed by atoms with Crippen LogP contribution in [0.5, 0.6) is 0 Å². The first-order valence-corrected chi connectivity index (χ1v) is 6.63. The molecule has 2 amide bonds. The molecule has 0 unspecified atom stereocenters. The molecule has 1 heterocycles. The number of anilines is 1. The van der Waals surface area contributed by atoms with Crippen LogP contribution in [-0.2, 0) is 11.3 Å². The van der Waals surface area contributed by atoms with Gasteiger partial charge in [-0.25, -0.2) is 4.98 Å². The van der Waals surface area contributed by atoms with Crippen LogP contribution in [0.15, 0.2) is 42.5 Å². The molecule has 21 heavy (non-hydrogen) atoms. The van der Waals surface area contributed by atoms with Gasteiger partial charge in [-0.05, 0) is 36.8 Å². The Bertz CT molecular complexity index is 668. The molecule has 2 rings (SSSR count). The summed E-state index contributed by atoms with van der Waals surface area (Å²) in [7, 11) is 0. The van der Waals surface area contributed by atoms with Gasteiger partial charge in [-0.15, -0.1) is 0 Å². The van der Waals surface area contributed by atoms with Crippen molar-refractivity contribution in [2.45, 2.75) is 20.4 Å². The maximum atomic E-state index is 12.0. The molecular weight excluding hydrogens is 266 g/mol. The van der Waals surface area contributed by atoms with Crippen molar-refractivity contribution in [2.24, 2.45) is 0 Å². The number of aryl methyl sites for hydroxylation is 1. The molecule has 0 saturated carbocycles. The van der Waals surface area contributed by atoms with Gasteiger partial charge in [-0.3, -0.25) is 9.59 Å². The molecule has 0 fully saturated rings. The molecule has 0 aliphatic rings. The standard InChI is InChI=1S/C16H17N3O2/c1-11-5-3-8-15(18-11)16(21)17-10-13-6-4-7-14(9-13)19-12(2)20/h3-9H,10H2,1-2H3,(H,17,21)(H,19,20). The lowest BCUT2D eigenvalue weighted by molar-refractivity contribution is -0.114. The van der Waals surface area contributed by atoms with Gasteiger partial charge in [0.2, 0.25) is 5.91 Å². The van der Waals surface area contributed by atoms with E-state index in [1.54, 1.807) is 18.2 Å². The number of carbonyl (C=O) groups is 2. The lowest BCUT2D eigenvalue weighted by atomic mass is 10.2. The van der Waals surface area contributed by atoms with Gasteiger partial charge in [0.15, 0.2) is 0 Å². The van der Waals surface area contributed by atoms with Crippen molar-refractivity contribution >= 4 is 17.5 Å². The number of nitrogens with zero attached hydrogens (tertiary/aromatic N) is 1. The Balaban J connectivity index is 1.99. The van der Waals surface area contributed by atoms with Crippen LogP contribution in [0.4, 0.5) is 5.69 Å². The topological polar surface area (TPSA) is 71.1 Å². The summed E-state index contributed by atoms with van der Waals surface area (Å²) >= 11 is 0. The van der Waals surface area contributed by atoms with Gasteiger partial charge < -0.3 is 10.6 Å². The molecule has 2 N–H and O–H groups in total. The third-order valence-electron chi connectivity index (χ3n) is 2.82. The maximum absolute atomic E-state index is 12.0. The van der Waals surface area contributed by atoms with E-state index in [0.717, 1.165) is 11.3 Å². The molecule has 0 bridgehead atoms. The first-order valence-electron chi connectivity index (χ1n) is 6.63. The molecule has 5 heteroatoms. The Morgan fingerprint density at radius 2 is 1.90 bits per heavy atom. The van der Waals surface area contributed by atoms with Gasteiger partial charge in [0.1, 0.15) is 5.69 Å². The van der Waals surface area contributed by atoms with E-state index in [1.165, 1.54) is 6.92 Å². The van der Waals surface area contributed by atoms with E-state index < -0.39 is 0 Å². The Morgan fingerprint density at radius 1 is 1.14 bits per heavy atom. The SMILES string of the molecule is CC(=O)Nc1cccc(CNC(=O)c2cccc(C)n2)c1. The molecular formula is C16H17N3O2. The third-order valence-corrected chi connectivity index (χ3v) is 2.82. The number of hydrogen-bond donors (Lipinski definition) is 2. The summed E-state index contributed by atoms with van der Waals surface area (Å²) in [6, 6.07) is 12.7. The van der Waals surface area contributed by atoms with Crippen LogP contribution in [-0.4, -0.2) is 16.8 Å². The summed E-state index contributed by atoms with van der Waals surface area (Å²) in [5.41, 5.74) is 2.81. The summed E-state index contributed by atoms with van der Waals surface area (Å²) in [6.45, 7) is 3.67. The Morgan fingerprint density at radius 3 is 2.62 bits per heavy atom. The lowest BCUT2D eigenvalue weighted by Gasteiger charge is -2.07. The number of benzene rings is 1. The first-order chi connectivity index (χ1) is 10.0. The summed E-state index contributed by atoms with van der Waals surface area (Å²) in [4.78, 5) is 27.2. The van der Waals surface area contributed by atoms with Crippen molar-refractivity contribution in [3.8, 4) is 0 Å². The minimum absolute atomic E-state index is 0.125. The fourth-order valence-corrected chi connectivity index (χ4v) is 1.90. The summed E-state index contributed by atoms with van der Waals surface area (Å²) in [5, 5.41) is 5.52. The van der Waals surface area contributed by atoms with Crippen LogP contribution in [0.2, 0.25) is 0 Å². The largest absolute Gasteiger partial charge is 0.347 e. The molecule has 0 saturated heterocycles. The van der Waals surface area contributed by atoms with E-state index in [1.807, 2.05) is 31.2 Å². The van der Waals surface area contributed by atoms with E-state index in [4.69, 9.17) is 0 Å². The second kappa shape index (κ2) is 6.65. The highest BCUT2D eigenvalue weighted by Gasteiger charge is 2.07. The van der Waals surface area contributed by atoms with E-state index in [0.29, 0.717) is 17.9 Å². The predicted octanol–water partition coefficient (Wildman–Crippen LogP) is 2.28. The number of nitrogens with one attached hydrogen (secondary N) is 2. The highest BCUT2D eigenvalue weighted by atomic mass is 16.2. The van der Waals surface area contributed by atoms with Crippen LogP contribution in [0.25, 0.3) is 0 Å². The zero-order valence-electron chi connectivity index (χ0n) is 12.0. The number of hydrogen-bond acceptors (Lipinski definition) is 3. The number of amides is 2. The van der Waals surface area contributed by atoms with Crippen LogP contribution < -0.4 is 10.6 Å². The lowest BCUT2D eigenvalue weighted by Crippen LogP contribution is -2.24. The predicted molar refractivity (Wildman–Crippen MR) is 80.9 cm³/mol. The van der Waals surface area contributed by atoms with E-state index in [-0.39, 0.29) is 11.8 Å². The molecule has 1 aromatic carbocycles. The maximum Gasteiger partial charge on any atom is 0.270 e. The van der Waals surface area contributed by atoms with Crippen molar-refractivity contribution in [3.63, 3.8) is 0 Å². The fraction of sp³-hybridized carbons (Fsp3) is 0.188. The average molecular weight is 283 g/mol. The Hall–Kier alpha value is -2.69. The quantitative estimate of drug-likeness (QED) is 0.904. The van der Waals surface area contributed by atoms with Crippen LogP contribution >= 0.6 is 0 Å². The first kappa shape index (κ1) is 14.7. The van der Waals surface area contributed by atoms with Crippen LogP contribution in [0, 0.1) is 6.92 Å². The molecule has 0 aliphatic heterocycles. The zero-order chi connectivity index (χ0) is 15.2. The minimum Gasteiger partial charge on any atom is -0.347 e. The number of rotatable bonds is 4. The van der Waals surface area contributed by atoms with Gasteiger partial charge in [-0.1, -0.05) is 18.2 Å². The van der Waals surface area contributed by atoms with E-state index in [9.17, 15) is 9.59 Å². The third kappa shape index (κ3) is 4.42. The summed E-state index contributed by atoms with van der Waals surface area (Å²) in [6.07, 6.45) is 0. The second-order valence-corrected chi connectivity index (χ2v) is 4.73. The van der Waals surface area contributed by atoms with Gasteiger partial charge >= 0.3 is 0 Å². The van der Waals surface area contributed by atoms with Crippen molar-refractivity contribution in [2.75, 3.05) is 5.32 Å². The van der Waals surface area contributed by atoms with Crippen molar-refractivity contribution in [1.29, 1.82) is 0 Å². The highest BCUT2D eigenvalue weighted by molar-refractivity contribution is 5.92. The molecule has 0 radical (unpaired) electrons. The van der Waals surface area contributed by atoms with Crippen molar-refractivity contribution in [3.05, 3.63) is 59.4 Å². The zero-order valence-corrected chi connectivity index (χ0v) is 12.0. The van der Waals surface area contributed by atoms with Crippen LogP contribution in [0.3, 0.4) is 0 Å². The molecule has 108 valence electrons. The monoisotopic (exact) mass is 283 g/mol. The smallest absolute Gasteiger partial charge is 0.270 e. The molecule has 0 spiro atoms. The number of aromatic nitrogens is 1. The van der Waals surface area contributed by atoms with Crippen LogP contribution in [0.1, 0.15) is 28.7 Å². The Labute approximate surface area is 123 Å². The van der Waals surface area contributed by atoms with Gasteiger partial charge in [-0.2, -0.15) is 0 Å². The summed E-state index contributed by atoms with van der Waals surface area (Å²) < 4.78 is 0. The summed E-state index contributed by atoms with van der Waals surface area (Å²) in [5.74, 6) is -0.344. The van der Waals surface area contributed by atoms with E-state index in [2.05, 4.69) is 15.6 Å². The molecule has 2 aromatic rings. The fourth-order valence-electron chi connectivity index (χ4n) is 1.90. The minimum atomic E-state index is -0.219. The average Bonchev–Trinajstić information content (AvgIpc) is 2.44. The van der Waals surface area contributed by atoms with E-state index >= 15 is 0 Å². The van der Waals surface area contributed by atoms with Gasteiger partial charge in [0.25, 0.3) is 5.91 Å². The number of pyridine rings is 1. The second-order valence-electron chi connectivity index (χ2n) is 4.73. The van der Waals surface area contributed by atoms with Crippen molar-refractivity contribution < 1.29 is 9.59 Å². The normalized spacial score (nSPS) is 10.0. The van der Waals surface area contributed by atoms with Gasteiger partial charge in [0, 0.05) is 24.8 Å². The molecule has 1 aromatic heterocycles. The van der Waals surface area contributed by atoms with Crippen molar-refractivity contribution in [1.82, 2.24) is 10.3 Å². The van der Waals surface area contributed by atoms with Gasteiger partial charge in [0.05, 0.1) is 0 Å². The Kier molecular flexibility index (Phi) is 4.66. The number of carbonyl (C=O) groups excluding carboxylic acids is 2. The molecule has 0 aliphatic carbocycles.